The highest BCUT2D eigenvalue weighted by molar-refractivity contribution is 5.39. The van der Waals surface area contributed by atoms with Gasteiger partial charge in [0.05, 0.1) is 4.91 Å². The minimum absolute atomic E-state index is 0.487. The van der Waals surface area contributed by atoms with Gasteiger partial charge in [-0.25, -0.2) is 4.84 Å². The second kappa shape index (κ2) is 2.34. The van der Waals surface area contributed by atoms with Gasteiger partial charge in [-0.15, -0.1) is 0 Å². The Morgan fingerprint density at radius 1 is 1.36 bits per heavy atom. The second-order valence-electron chi connectivity index (χ2n) is 2.47. The van der Waals surface area contributed by atoms with Gasteiger partial charge < -0.3 is 0 Å². The molecular formula is C8H8NO2+. The summed E-state index contributed by atoms with van der Waals surface area (Å²) in [5.41, 5.74) is 1.70. The van der Waals surface area contributed by atoms with Gasteiger partial charge >= 0.3 is 5.69 Å². The summed E-state index contributed by atoms with van der Waals surface area (Å²) in [6.07, 6.45) is 0.828. The molecule has 2 rings (SSSR count). The molecule has 11 heavy (non-hydrogen) atoms. The van der Waals surface area contributed by atoms with Crippen LogP contribution in [0.4, 0.5) is 5.69 Å². The maximum Gasteiger partial charge on any atom is 0.320 e. The van der Waals surface area contributed by atoms with E-state index >= 15 is 0 Å². The molecule has 0 aliphatic carbocycles. The van der Waals surface area contributed by atoms with Gasteiger partial charge in [-0.3, -0.25) is 0 Å². The lowest BCUT2D eigenvalue weighted by atomic mass is 10.1. The summed E-state index contributed by atoms with van der Waals surface area (Å²) >= 11 is 0. The van der Waals surface area contributed by atoms with Crippen LogP contribution in [-0.4, -0.2) is 11.5 Å². The molecule has 1 aliphatic heterocycles. The zero-order valence-corrected chi connectivity index (χ0v) is 5.99. The van der Waals surface area contributed by atoms with E-state index in [2.05, 4.69) is 0 Å². The van der Waals surface area contributed by atoms with Crippen LogP contribution in [-0.2, 0) is 11.3 Å². The number of hydrogen-bond acceptors (Lipinski definition) is 2. The Morgan fingerprint density at radius 2 is 2.18 bits per heavy atom. The lowest BCUT2D eigenvalue weighted by molar-refractivity contribution is -0.749. The molecule has 0 saturated heterocycles. The molecule has 1 aliphatic rings. The van der Waals surface area contributed by atoms with E-state index < -0.39 is 0 Å². The van der Waals surface area contributed by atoms with E-state index in [0.29, 0.717) is 17.2 Å². The predicted octanol–water partition coefficient (Wildman–Crippen LogP) is 1.58. The van der Waals surface area contributed by atoms with E-state index in [1.165, 1.54) is 0 Å². The normalized spacial score (nSPS) is 15.5. The van der Waals surface area contributed by atoms with Crippen LogP contribution in [0.2, 0.25) is 0 Å². The Kier molecular flexibility index (Phi) is 1.35. The van der Waals surface area contributed by atoms with Crippen molar-refractivity contribution in [2.75, 3.05) is 6.61 Å². The molecule has 1 aromatic rings. The molecule has 0 bridgehead atoms. The quantitative estimate of drug-likeness (QED) is 0.562. The maximum atomic E-state index is 11.0. The van der Waals surface area contributed by atoms with Crippen molar-refractivity contribution >= 4 is 5.69 Å². The summed E-state index contributed by atoms with van der Waals surface area (Å²) in [5, 5.41) is 0. The van der Waals surface area contributed by atoms with Crippen LogP contribution in [0, 0.1) is 4.91 Å². The van der Waals surface area contributed by atoms with Crippen LogP contribution in [0.15, 0.2) is 24.3 Å². The van der Waals surface area contributed by atoms with Crippen molar-refractivity contribution in [2.24, 2.45) is 0 Å². The maximum absolute atomic E-state index is 11.0. The van der Waals surface area contributed by atoms with Crippen molar-refractivity contribution in [1.29, 1.82) is 0 Å². The number of nitrogens with zero attached hydrogens (tertiary/aromatic N) is 1. The van der Waals surface area contributed by atoms with E-state index in [-0.39, 0.29) is 0 Å². The molecule has 0 unspecified atom stereocenters. The molecular weight excluding hydrogens is 142 g/mol. The van der Waals surface area contributed by atoms with Crippen LogP contribution in [0.1, 0.15) is 5.56 Å². The third-order valence-electron chi connectivity index (χ3n) is 1.77. The largest absolute Gasteiger partial charge is 0.320 e. The van der Waals surface area contributed by atoms with Gasteiger partial charge in [0, 0.05) is 18.1 Å². The standard InChI is InChI=1S/C8H8NO2/c10-9-8-4-2-1-3-7(8)5-6-11-9/h1-4H,5-6H2/q+1. The molecule has 56 valence electrons. The minimum atomic E-state index is 0.487. The molecule has 0 atom stereocenters. The zero-order chi connectivity index (χ0) is 7.68. The highest BCUT2D eigenvalue weighted by atomic mass is 16.8. The van der Waals surface area contributed by atoms with Crippen LogP contribution in [0.25, 0.3) is 0 Å². The summed E-state index contributed by atoms with van der Waals surface area (Å²) in [5.74, 6) is 0. The molecule has 0 fully saturated rings. The summed E-state index contributed by atoms with van der Waals surface area (Å²) in [6.45, 7) is 0.487. The average molecular weight is 150 g/mol. The van der Waals surface area contributed by atoms with Crippen molar-refractivity contribution in [3.8, 4) is 0 Å². The Bertz CT molecular complexity index is 296. The Balaban J connectivity index is 2.52. The second-order valence-corrected chi connectivity index (χ2v) is 2.47. The zero-order valence-electron chi connectivity index (χ0n) is 5.99. The van der Waals surface area contributed by atoms with Crippen LogP contribution >= 0.6 is 0 Å². The van der Waals surface area contributed by atoms with Crippen LogP contribution < -0.4 is 0 Å². The first-order valence-corrected chi connectivity index (χ1v) is 3.56. The van der Waals surface area contributed by atoms with Gasteiger partial charge in [0.1, 0.15) is 0 Å². The van der Waals surface area contributed by atoms with Crippen LogP contribution in [0.5, 0.6) is 0 Å². The highest BCUT2D eigenvalue weighted by Crippen LogP contribution is 2.22. The molecule has 0 radical (unpaired) electrons. The van der Waals surface area contributed by atoms with E-state index in [1.807, 2.05) is 18.2 Å². The van der Waals surface area contributed by atoms with Crippen LogP contribution in [0.3, 0.4) is 0 Å². The Morgan fingerprint density at radius 3 is 3.00 bits per heavy atom. The molecule has 3 nitrogen and oxygen atoms in total. The third kappa shape index (κ3) is 0.981. The lowest BCUT2D eigenvalue weighted by Gasteiger charge is -2.04. The van der Waals surface area contributed by atoms with E-state index in [0.717, 1.165) is 12.0 Å². The molecule has 1 heterocycles. The number of para-hydroxylation sites is 1. The van der Waals surface area contributed by atoms with E-state index in [1.54, 1.807) is 6.07 Å². The van der Waals surface area contributed by atoms with Gasteiger partial charge in [0.15, 0.2) is 6.61 Å². The lowest BCUT2D eigenvalue weighted by Crippen LogP contribution is -2.14. The fourth-order valence-electron chi connectivity index (χ4n) is 1.21. The first kappa shape index (κ1) is 6.34. The first-order chi connectivity index (χ1) is 5.38. The summed E-state index contributed by atoms with van der Waals surface area (Å²) < 4.78 is 0. The predicted molar refractivity (Wildman–Crippen MR) is 39.4 cm³/mol. The van der Waals surface area contributed by atoms with Gasteiger partial charge in [-0.2, -0.15) is 0 Å². The molecule has 1 aromatic carbocycles. The highest BCUT2D eigenvalue weighted by Gasteiger charge is 2.25. The molecule has 0 N–H and O–H groups in total. The van der Waals surface area contributed by atoms with Crippen molar-refractivity contribution in [1.82, 2.24) is 0 Å². The first-order valence-electron chi connectivity index (χ1n) is 3.56. The van der Waals surface area contributed by atoms with Gasteiger partial charge in [-0.1, -0.05) is 18.2 Å². The number of hydrogen-bond donors (Lipinski definition) is 0. The Labute approximate surface area is 64.1 Å². The smallest absolute Gasteiger partial charge is 0.226 e. The van der Waals surface area contributed by atoms with Crippen molar-refractivity contribution in [3.63, 3.8) is 0 Å². The number of rotatable bonds is 0. The fraction of sp³-hybridized carbons (Fsp3) is 0.250. The summed E-state index contributed by atoms with van der Waals surface area (Å²) in [7, 11) is 0. The summed E-state index contributed by atoms with van der Waals surface area (Å²) in [4.78, 5) is 16.3. The summed E-state index contributed by atoms with van der Waals surface area (Å²) in [6, 6.07) is 7.47. The average Bonchev–Trinajstić information content (AvgIpc) is 2.06. The Hall–Kier alpha value is -1.38. The molecule has 0 spiro atoms. The molecule has 0 amide bonds. The molecule has 0 saturated carbocycles. The van der Waals surface area contributed by atoms with Crippen molar-refractivity contribution in [3.05, 3.63) is 34.7 Å². The fourth-order valence-corrected chi connectivity index (χ4v) is 1.21. The van der Waals surface area contributed by atoms with E-state index in [4.69, 9.17) is 4.84 Å². The SMILES string of the molecule is O=[N+]1OCCc2ccccc21. The molecule has 0 aromatic heterocycles. The van der Waals surface area contributed by atoms with Crippen molar-refractivity contribution < 1.29 is 9.76 Å². The number of fused-ring (bicyclic) bond motifs is 1. The molecule has 3 heteroatoms. The third-order valence-corrected chi connectivity index (χ3v) is 1.77. The topological polar surface area (TPSA) is 29.3 Å². The van der Waals surface area contributed by atoms with E-state index in [9.17, 15) is 4.91 Å². The van der Waals surface area contributed by atoms with Gasteiger partial charge in [0.2, 0.25) is 0 Å². The monoisotopic (exact) mass is 150 g/mol. The van der Waals surface area contributed by atoms with Gasteiger partial charge in [-0.05, 0) is 0 Å². The minimum Gasteiger partial charge on any atom is -0.226 e. The van der Waals surface area contributed by atoms with Gasteiger partial charge in [0.25, 0.3) is 4.92 Å². The van der Waals surface area contributed by atoms with Crippen molar-refractivity contribution in [2.45, 2.75) is 6.42 Å². The number of benzene rings is 1.